The van der Waals surface area contributed by atoms with Crippen LogP contribution < -0.4 is 5.56 Å². The second-order valence-corrected chi connectivity index (χ2v) is 7.10. The minimum Gasteiger partial charge on any atom is -0.450 e. The molecule has 144 valence electrons. The second kappa shape index (κ2) is 6.94. The van der Waals surface area contributed by atoms with Crippen molar-refractivity contribution in [3.63, 3.8) is 0 Å². The number of hydrogen-bond acceptors (Lipinski definition) is 6. The number of carbonyl (C=O) groups excluding carboxylic acids is 1. The van der Waals surface area contributed by atoms with E-state index in [2.05, 4.69) is 4.98 Å². The topological polar surface area (TPSA) is 93.9 Å². The van der Waals surface area contributed by atoms with Crippen LogP contribution in [0.15, 0.2) is 35.4 Å². The number of piperidine rings is 1. The predicted octanol–water partition coefficient (Wildman–Crippen LogP) is 1.49. The zero-order valence-electron chi connectivity index (χ0n) is 15.2. The lowest BCUT2D eigenvalue weighted by molar-refractivity contribution is -0.202. The summed E-state index contributed by atoms with van der Waals surface area (Å²) in [5.41, 5.74) is 0.384. The summed E-state index contributed by atoms with van der Waals surface area (Å²) in [7, 11) is 0. The van der Waals surface area contributed by atoms with E-state index in [4.69, 9.17) is 9.47 Å². The van der Waals surface area contributed by atoms with Crippen molar-refractivity contribution >= 4 is 17.0 Å². The van der Waals surface area contributed by atoms with E-state index in [1.807, 2.05) is 6.07 Å². The van der Waals surface area contributed by atoms with Gasteiger partial charge in [-0.15, -0.1) is 0 Å². The smallest absolute Gasteiger partial charge is 0.410 e. The number of ether oxygens (including phenoxy) is 2. The number of rotatable bonds is 3. The van der Waals surface area contributed by atoms with Gasteiger partial charge in [0.25, 0.3) is 5.56 Å². The van der Waals surface area contributed by atoms with Gasteiger partial charge < -0.3 is 19.5 Å². The third-order valence-corrected chi connectivity index (χ3v) is 5.27. The van der Waals surface area contributed by atoms with Crippen molar-refractivity contribution in [1.29, 1.82) is 0 Å². The quantitative estimate of drug-likeness (QED) is 0.876. The summed E-state index contributed by atoms with van der Waals surface area (Å²) >= 11 is 0. The summed E-state index contributed by atoms with van der Waals surface area (Å²) in [4.78, 5) is 30.8. The molecule has 0 spiro atoms. The van der Waals surface area contributed by atoms with Crippen LogP contribution >= 0.6 is 0 Å². The van der Waals surface area contributed by atoms with Crippen molar-refractivity contribution in [3.8, 4) is 0 Å². The molecule has 1 amide bonds. The monoisotopic (exact) mass is 373 g/mol. The number of para-hydroxylation sites is 1. The van der Waals surface area contributed by atoms with Crippen LogP contribution in [-0.2, 0) is 16.0 Å². The van der Waals surface area contributed by atoms with Crippen LogP contribution in [0.1, 0.15) is 26.2 Å². The first kappa shape index (κ1) is 17.9. The number of amides is 1. The lowest BCUT2D eigenvalue weighted by Gasteiger charge is -2.35. The number of fused-ring (bicyclic) bond motifs is 2. The molecule has 0 aliphatic carbocycles. The van der Waals surface area contributed by atoms with Crippen molar-refractivity contribution < 1.29 is 19.4 Å². The molecule has 2 aromatic rings. The van der Waals surface area contributed by atoms with Crippen molar-refractivity contribution in [1.82, 2.24) is 14.5 Å². The average molecular weight is 373 g/mol. The van der Waals surface area contributed by atoms with Crippen molar-refractivity contribution in [2.75, 3.05) is 13.2 Å². The number of benzene rings is 1. The normalized spacial score (nSPS) is 27.6. The van der Waals surface area contributed by atoms with Crippen LogP contribution in [-0.4, -0.2) is 56.7 Å². The molecule has 2 saturated heterocycles. The maximum Gasteiger partial charge on any atom is 0.410 e. The first-order valence-electron chi connectivity index (χ1n) is 9.28. The Morgan fingerprint density at radius 2 is 2.26 bits per heavy atom. The molecule has 3 atom stereocenters. The van der Waals surface area contributed by atoms with Gasteiger partial charge in [0.1, 0.15) is 0 Å². The van der Waals surface area contributed by atoms with Crippen LogP contribution in [0.25, 0.3) is 10.9 Å². The molecule has 27 heavy (non-hydrogen) atoms. The van der Waals surface area contributed by atoms with Crippen LogP contribution in [0, 0.1) is 0 Å². The van der Waals surface area contributed by atoms with Gasteiger partial charge in [0, 0.05) is 13.0 Å². The maximum absolute atomic E-state index is 12.7. The van der Waals surface area contributed by atoms with E-state index in [1.165, 1.54) is 10.9 Å². The highest BCUT2D eigenvalue weighted by molar-refractivity contribution is 5.76. The van der Waals surface area contributed by atoms with Gasteiger partial charge in [-0.2, -0.15) is 0 Å². The van der Waals surface area contributed by atoms with Crippen molar-refractivity contribution in [3.05, 3.63) is 40.9 Å². The Morgan fingerprint density at radius 3 is 3.07 bits per heavy atom. The Labute approximate surface area is 156 Å². The molecule has 1 aromatic heterocycles. The molecule has 1 unspecified atom stereocenters. The van der Waals surface area contributed by atoms with Gasteiger partial charge in [0.05, 0.1) is 42.5 Å². The van der Waals surface area contributed by atoms with Gasteiger partial charge >= 0.3 is 6.09 Å². The van der Waals surface area contributed by atoms with Gasteiger partial charge in [0.15, 0.2) is 5.79 Å². The number of aliphatic hydroxyl groups is 1. The molecule has 8 heteroatoms. The molecule has 4 rings (SSSR count). The number of carbonyl (C=O) groups is 1. The maximum atomic E-state index is 12.7. The lowest BCUT2D eigenvalue weighted by Crippen LogP contribution is -2.49. The Bertz CT molecular complexity index is 914. The molecule has 2 aliphatic rings. The average Bonchev–Trinajstić information content (AvgIpc) is 3.00. The fourth-order valence-corrected chi connectivity index (χ4v) is 4.08. The highest BCUT2D eigenvalue weighted by Gasteiger charge is 2.50. The Morgan fingerprint density at radius 1 is 1.44 bits per heavy atom. The third-order valence-electron chi connectivity index (χ3n) is 5.27. The highest BCUT2D eigenvalue weighted by atomic mass is 16.6. The SMILES string of the molecule is CCOC(=O)N1CCC[C@@H]2OC(O)(Cn3cnc4ccccc4c3=O)C[C@@H]21. The molecule has 8 nitrogen and oxygen atoms in total. The highest BCUT2D eigenvalue weighted by Crippen LogP contribution is 2.38. The molecule has 0 saturated carbocycles. The van der Waals surface area contributed by atoms with Crippen LogP contribution in [0.2, 0.25) is 0 Å². The molecule has 0 radical (unpaired) electrons. The van der Waals surface area contributed by atoms with E-state index in [-0.39, 0.29) is 36.8 Å². The fourth-order valence-electron chi connectivity index (χ4n) is 4.08. The number of hydrogen-bond donors (Lipinski definition) is 1. The first-order valence-corrected chi connectivity index (χ1v) is 9.28. The predicted molar refractivity (Wildman–Crippen MR) is 97.2 cm³/mol. The molecule has 0 bridgehead atoms. The van der Waals surface area contributed by atoms with E-state index >= 15 is 0 Å². The summed E-state index contributed by atoms with van der Waals surface area (Å²) in [5.74, 6) is -1.53. The van der Waals surface area contributed by atoms with Crippen molar-refractivity contribution in [2.45, 2.75) is 50.7 Å². The van der Waals surface area contributed by atoms with E-state index < -0.39 is 5.79 Å². The summed E-state index contributed by atoms with van der Waals surface area (Å²) in [5, 5.41) is 11.5. The van der Waals surface area contributed by atoms with Crippen LogP contribution in [0.4, 0.5) is 4.79 Å². The summed E-state index contributed by atoms with van der Waals surface area (Å²) < 4.78 is 12.4. The fraction of sp³-hybridized carbons (Fsp3) is 0.526. The van der Waals surface area contributed by atoms with Gasteiger partial charge in [0.2, 0.25) is 0 Å². The van der Waals surface area contributed by atoms with E-state index in [0.717, 1.165) is 12.8 Å². The summed E-state index contributed by atoms with van der Waals surface area (Å²) in [6, 6.07) is 6.83. The Hall–Kier alpha value is -2.45. The lowest BCUT2D eigenvalue weighted by atomic mass is 9.97. The molecule has 1 aromatic carbocycles. The number of nitrogens with zero attached hydrogens (tertiary/aromatic N) is 3. The largest absolute Gasteiger partial charge is 0.450 e. The third kappa shape index (κ3) is 3.30. The Balaban J connectivity index is 1.57. The standard InChI is InChI=1S/C19H23N3O5/c1-2-26-18(24)22-9-5-8-16-15(22)10-19(25,27-16)11-21-12-20-14-7-4-3-6-13(14)17(21)23/h3-4,6-7,12,15-16,25H,2,5,8-11H2,1H3/t15-,16-,19?/m0/s1. The Kier molecular flexibility index (Phi) is 4.61. The summed E-state index contributed by atoms with van der Waals surface area (Å²) in [6.45, 7) is 2.61. The van der Waals surface area contributed by atoms with E-state index in [0.29, 0.717) is 24.1 Å². The first-order chi connectivity index (χ1) is 13.0. The molecular weight excluding hydrogens is 350 g/mol. The number of aromatic nitrogens is 2. The zero-order chi connectivity index (χ0) is 19.0. The van der Waals surface area contributed by atoms with E-state index in [1.54, 1.807) is 30.0 Å². The molecular formula is C19H23N3O5. The number of likely N-dealkylation sites (tertiary alicyclic amines) is 1. The van der Waals surface area contributed by atoms with Gasteiger partial charge in [-0.05, 0) is 31.9 Å². The van der Waals surface area contributed by atoms with Gasteiger partial charge in [-0.3, -0.25) is 9.36 Å². The minimum absolute atomic E-state index is 0.0344. The van der Waals surface area contributed by atoms with Crippen LogP contribution in [0.3, 0.4) is 0 Å². The van der Waals surface area contributed by atoms with Gasteiger partial charge in [-0.25, -0.2) is 9.78 Å². The molecule has 3 heterocycles. The molecule has 2 fully saturated rings. The van der Waals surface area contributed by atoms with Crippen molar-refractivity contribution in [2.24, 2.45) is 0 Å². The minimum atomic E-state index is -1.53. The molecule has 1 N–H and O–H groups in total. The van der Waals surface area contributed by atoms with Gasteiger partial charge in [-0.1, -0.05) is 12.1 Å². The van der Waals surface area contributed by atoms with E-state index in [9.17, 15) is 14.7 Å². The van der Waals surface area contributed by atoms with Crippen LogP contribution in [0.5, 0.6) is 0 Å². The molecule has 2 aliphatic heterocycles. The second-order valence-electron chi connectivity index (χ2n) is 7.10. The zero-order valence-corrected chi connectivity index (χ0v) is 15.2. The summed E-state index contributed by atoms with van der Waals surface area (Å²) in [6.07, 6.45) is 2.55.